The summed E-state index contributed by atoms with van der Waals surface area (Å²) < 4.78 is 20.5. The van der Waals surface area contributed by atoms with Gasteiger partial charge in [-0.25, -0.2) is 4.39 Å². The molecule has 1 amide bonds. The van der Waals surface area contributed by atoms with Gasteiger partial charge in [-0.3, -0.25) is 4.79 Å². The predicted molar refractivity (Wildman–Crippen MR) is 100 cm³/mol. The van der Waals surface area contributed by atoms with Crippen molar-refractivity contribution in [3.8, 4) is 5.75 Å². The zero-order chi connectivity index (χ0) is 18.7. The molecule has 2 aromatic carbocycles. The van der Waals surface area contributed by atoms with E-state index in [-0.39, 0.29) is 11.7 Å². The van der Waals surface area contributed by atoms with Crippen LogP contribution in [-0.4, -0.2) is 17.6 Å². The maximum Gasteiger partial charge on any atom is 0.272 e. The number of nitrogens with one attached hydrogen (secondary N) is 1. The van der Waals surface area contributed by atoms with Crippen LogP contribution in [0.4, 0.5) is 10.1 Å². The lowest BCUT2D eigenvalue weighted by molar-refractivity contribution is 0.101. The highest BCUT2D eigenvalue weighted by atomic mass is 19.1. The zero-order valence-corrected chi connectivity index (χ0v) is 15.0. The van der Waals surface area contributed by atoms with Gasteiger partial charge in [-0.15, -0.1) is 0 Å². The molecular formula is C21H21FN2O2. The molecule has 5 heteroatoms. The molecule has 0 atom stereocenters. The molecule has 0 fully saturated rings. The lowest BCUT2D eigenvalue weighted by Gasteiger charge is -2.13. The second kappa shape index (κ2) is 7.44. The number of carbonyl (C=O) groups excluding carboxylic acids is 1. The summed E-state index contributed by atoms with van der Waals surface area (Å²) in [6, 6.07) is 15.5. The van der Waals surface area contributed by atoms with Crippen molar-refractivity contribution >= 4 is 11.6 Å². The van der Waals surface area contributed by atoms with Gasteiger partial charge in [-0.2, -0.15) is 0 Å². The average Bonchev–Trinajstić information content (AvgIpc) is 2.89. The van der Waals surface area contributed by atoms with Gasteiger partial charge in [0.15, 0.2) is 0 Å². The van der Waals surface area contributed by atoms with Gasteiger partial charge < -0.3 is 14.6 Å². The van der Waals surface area contributed by atoms with Crippen LogP contribution in [0.15, 0.2) is 54.6 Å². The maximum absolute atomic E-state index is 13.5. The first kappa shape index (κ1) is 17.7. The SMILES string of the molecule is COc1ccc(NC(=O)c2c(C)cc(C)n2Cc2cccc(F)c2)cc1. The molecule has 0 saturated heterocycles. The lowest BCUT2D eigenvalue weighted by Crippen LogP contribution is -2.19. The Morgan fingerprint density at radius 1 is 1.12 bits per heavy atom. The van der Waals surface area contributed by atoms with Crippen molar-refractivity contribution < 1.29 is 13.9 Å². The second-order valence-corrected chi connectivity index (χ2v) is 6.22. The van der Waals surface area contributed by atoms with Crippen molar-refractivity contribution in [2.75, 3.05) is 12.4 Å². The topological polar surface area (TPSA) is 43.3 Å². The van der Waals surface area contributed by atoms with Crippen LogP contribution >= 0.6 is 0 Å². The number of ether oxygens (including phenoxy) is 1. The molecule has 3 rings (SSSR count). The summed E-state index contributed by atoms with van der Waals surface area (Å²) in [4.78, 5) is 12.8. The number of halogens is 1. The fourth-order valence-electron chi connectivity index (χ4n) is 3.04. The van der Waals surface area contributed by atoms with Gasteiger partial charge in [0.05, 0.1) is 7.11 Å². The highest BCUT2D eigenvalue weighted by molar-refractivity contribution is 6.04. The Labute approximate surface area is 152 Å². The molecule has 4 nitrogen and oxygen atoms in total. The predicted octanol–water partition coefficient (Wildman–Crippen LogP) is 4.55. The van der Waals surface area contributed by atoms with Gasteiger partial charge in [-0.1, -0.05) is 12.1 Å². The summed E-state index contributed by atoms with van der Waals surface area (Å²) in [5, 5.41) is 2.91. The first-order valence-electron chi connectivity index (χ1n) is 8.34. The Morgan fingerprint density at radius 3 is 2.50 bits per heavy atom. The number of rotatable bonds is 5. The van der Waals surface area contributed by atoms with Crippen molar-refractivity contribution in [2.45, 2.75) is 20.4 Å². The van der Waals surface area contributed by atoms with Crippen LogP contribution in [0, 0.1) is 19.7 Å². The Bertz CT molecular complexity index is 930. The van der Waals surface area contributed by atoms with Crippen LogP contribution in [0.5, 0.6) is 5.75 Å². The van der Waals surface area contributed by atoms with E-state index in [1.807, 2.05) is 30.5 Å². The molecule has 0 spiro atoms. The van der Waals surface area contributed by atoms with E-state index in [2.05, 4.69) is 5.32 Å². The number of methoxy groups -OCH3 is 1. The van der Waals surface area contributed by atoms with Gasteiger partial charge in [-0.05, 0) is 67.4 Å². The van der Waals surface area contributed by atoms with E-state index in [0.717, 1.165) is 22.6 Å². The first-order valence-corrected chi connectivity index (χ1v) is 8.34. The van der Waals surface area contributed by atoms with Crippen LogP contribution in [0.3, 0.4) is 0 Å². The minimum Gasteiger partial charge on any atom is -0.497 e. The van der Waals surface area contributed by atoms with E-state index in [1.165, 1.54) is 12.1 Å². The molecule has 0 bridgehead atoms. The molecule has 1 N–H and O–H groups in total. The second-order valence-electron chi connectivity index (χ2n) is 6.22. The van der Waals surface area contributed by atoms with Crippen molar-refractivity contribution in [3.05, 3.63) is 82.9 Å². The first-order chi connectivity index (χ1) is 12.5. The van der Waals surface area contributed by atoms with Crippen molar-refractivity contribution in [1.82, 2.24) is 4.57 Å². The van der Waals surface area contributed by atoms with Crippen LogP contribution < -0.4 is 10.1 Å². The van der Waals surface area contributed by atoms with E-state index in [9.17, 15) is 9.18 Å². The average molecular weight is 352 g/mol. The Hall–Kier alpha value is -3.08. The monoisotopic (exact) mass is 352 g/mol. The van der Waals surface area contributed by atoms with E-state index >= 15 is 0 Å². The number of anilines is 1. The highest BCUT2D eigenvalue weighted by Gasteiger charge is 2.18. The summed E-state index contributed by atoms with van der Waals surface area (Å²) >= 11 is 0. The number of hydrogen-bond donors (Lipinski definition) is 1. The maximum atomic E-state index is 13.5. The van der Waals surface area contributed by atoms with Crippen LogP contribution in [0.25, 0.3) is 0 Å². The number of aromatic nitrogens is 1. The number of hydrogen-bond acceptors (Lipinski definition) is 2. The van der Waals surface area contributed by atoms with Crippen LogP contribution in [0.1, 0.15) is 27.3 Å². The summed E-state index contributed by atoms with van der Waals surface area (Å²) in [6.07, 6.45) is 0. The van der Waals surface area contributed by atoms with Crippen molar-refractivity contribution in [3.63, 3.8) is 0 Å². The van der Waals surface area contributed by atoms with Gasteiger partial charge >= 0.3 is 0 Å². The number of nitrogens with zero attached hydrogens (tertiary/aromatic N) is 1. The Morgan fingerprint density at radius 2 is 1.85 bits per heavy atom. The van der Waals surface area contributed by atoms with Gasteiger partial charge in [0.1, 0.15) is 17.3 Å². The normalized spacial score (nSPS) is 10.6. The minimum atomic E-state index is -0.284. The number of amides is 1. The summed E-state index contributed by atoms with van der Waals surface area (Å²) in [7, 11) is 1.60. The van der Waals surface area contributed by atoms with Crippen LogP contribution in [0.2, 0.25) is 0 Å². The largest absolute Gasteiger partial charge is 0.497 e. The van der Waals surface area contributed by atoms with E-state index in [4.69, 9.17) is 4.74 Å². The van der Waals surface area contributed by atoms with Gasteiger partial charge in [0.25, 0.3) is 5.91 Å². The molecular weight excluding hydrogens is 331 g/mol. The molecule has 3 aromatic rings. The molecule has 0 aliphatic heterocycles. The highest BCUT2D eigenvalue weighted by Crippen LogP contribution is 2.21. The van der Waals surface area contributed by atoms with E-state index < -0.39 is 0 Å². The van der Waals surface area contributed by atoms with Crippen molar-refractivity contribution in [1.29, 1.82) is 0 Å². The van der Waals surface area contributed by atoms with E-state index in [1.54, 1.807) is 37.4 Å². The summed E-state index contributed by atoms with van der Waals surface area (Å²) in [6.45, 7) is 4.28. The molecule has 0 aliphatic rings. The van der Waals surface area contributed by atoms with Gasteiger partial charge in [0.2, 0.25) is 0 Å². The molecule has 0 saturated carbocycles. The van der Waals surface area contributed by atoms with Gasteiger partial charge in [0, 0.05) is 17.9 Å². The molecule has 1 aromatic heterocycles. The third kappa shape index (κ3) is 3.77. The molecule has 1 heterocycles. The quantitative estimate of drug-likeness (QED) is 0.732. The van der Waals surface area contributed by atoms with Crippen LogP contribution in [-0.2, 0) is 6.54 Å². The summed E-state index contributed by atoms with van der Waals surface area (Å²) in [5.74, 6) is 0.245. The Kier molecular flexibility index (Phi) is 5.07. The third-order valence-electron chi connectivity index (χ3n) is 4.29. The van der Waals surface area contributed by atoms with Crippen molar-refractivity contribution in [2.24, 2.45) is 0 Å². The van der Waals surface area contributed by atoms with E-state index in [0.29, 0.717) is 17.9 Å². The molecule has 0 radical (unpaired) electrons. The lowest BCUT2D eigenvalue weighted by atomic mass is 10.2. The minimum absolute atomic E-state index is 0.197. The number of benzene rings is 2. The smallest absolute Gasteiger partial charge is 0.272 e. The molecule has 0 unspecified atom stereocenters. The third-order valence-corrected chi connectivity index (χ3v) is 4.29. The standard InChI is InChI=1S/C21H21FN2O2/c1-14-11-15(2)24(13-16-5-4-6-17(22)12-16)20(14)21(25)23-18-7-9-19(26-3)10-8-18/h4-12H,13H2,1-3H3,(H,23,25). The summed E-state index contributed by atoms with van der Waals surface area (Å²) in [5.41, 5.74) is 3.90. The molecule has 26 heavy (non-hydrogen) atoms. The fourth-order valence-corrected chi connectivity index (χ4v) is 3.04. The fraction of sp³-hybridized carbons (Fsp3) is 0.190. The molecule has 134 valence electrons. The Balaban J connectivity index is 1.87. The zero-order valence-electron chi connectivity index (χ0n) is 15.0. The number of carbonyl (C=O) groups is 1. The molecule has 0 aliphatic carbocycles. The number of aryl methyl sites for hydroxylation is 2.